The maximum Gasteiger partial charge on any atom is 0.0139 e. The van der Waals surface area contributed by atoms with Gasteiger partial charge in [-0.25, -0.2) is 0 Å². The molecular weight excluding hydrogens is 300 g/mol. The molecule has 2 aliphatic carbocycles. The SMILES string of the molecule is c1ccc2c(c1)Cc1c-2cccc1C1Cc2cccc3cccc1c23. The van der Waals surface area contributed by atoms with Gasteiger partial charge in [-0.3, -0.25) is 0 Å². The standard InChI is InChI=1S/C25H18/c1-2-10-19-17(6-1)14-23-20(19)11-5-12-21(23)24-15-18-9-3-7-16-8-4-13-22(24)25(16)18/h1-13,24H,14-15H2. The lowest BCUT2D eigenvalue weighted by Gasteiger charge is -2.17. The number of hydrogen-bond acceptors (Lipinski definition) is 0. The highest BCUT2D eigenvalue weighted by atomic mass is 14.3. The molecule has 0 fully saturated rings. The van der Waals surface area contributed by atoms with Crippen LogP contribution in [0.15, 0.2) is 78.9 Å². The molecule has 6 rings (SSSR count). The highest BCUT2D eigenvalue weighted by Gasteiger charge is 2.30. The van der Waals surface area contributed by atoms with E-state index in [4.69, 9.17) is 0 Å². The molecule has 0 saturated carbocycles. The summed E-state index contributed by atoms with van der Waals surface area (Å²) < 4.78 is 0. The van der Waals surface area contributed by atoms with Crippen molar-refractivity contribution in [3.63, 3.8) is 0 Å². The van der Waals surface area contributed by atoms with E-state index in [1.807, 2.05) is 0 Å². The van der Waals surface area contributed by atoms with Gasteiger partial charge < -0.3 is 0 Å². The van der Waals surface area contributed by atoms with E-state index >= 15 is 0 Å². The van der Waals surface area contributed by atoms with E-state index in [9.17, 15) is 0 Å². The molecule has 1 unspecified atom stereocenters. The number of hydrogen-bond donors (Lipinski definition) is 0. The molecule has 25 heavy (non-hydrogen) atoms. The van der Waals surface area contributed by atoms with Crippen molar-refractivity contribution in [2.75, 3.05) is 0 Å². The van der Waals surface area contributed by atoms with Crippen LogP contribution in [0.5, 0.6) is 0 Å². The van der Waals surface area contributed by atoms with Crippen molar-refractivity contribution in [3.8, 4) is 11.1 Å². The monoisotopic (exact) mass is 318 g/mol. The van der Waals surface area contributed by atoms with Crippen LogP contribution >= 0.6 is 0 Å². The molecule has 0 heterocycles. The predicted octanol–water partition coefficient (Wildman–Crippen LogP) is 6.10. The zero-order valence-electron chi connectivity index (χ0n) is 14.0. The van der Waals surface area contributed by atoms with Gasteiger partial charge in [0.05, 0.1) is 0 Å². The molecule has 0 heteroatoms. The Hall–Kier alpha value is -2.86. The summed E-state index contributed by atoms with van der Waals surface area (Å²) in [5, 5.41) is 2.87. The summed E-state index contributed by atoms with van der Waals surface area (Å²) in [5.74, 6) is 0.491. The van der Waals surface area contributed by atoms with Gasteiger partial charge in [-0.15, -0.1) is 0 Å². The van der Waals surface area contributed by atoms with Crippen molar-refractivity contribution >= 4 is 10.8 Å². The van der Waals surface area contributed by atoms with Crippen LogP contribution in [-0.4, -0.2) is 0 Å². The van der Waals surface area contributed by atoms with Crippen molar-refractivity contribution in [1.29, 1.82) is 0 Å². The molecule has 4 aromatic rings. The minimum Gasteiger partial charge on any atom is -0.0619 e. The van der Waals surface area contributed by atoms with Gasteiger partial charge in [0.1, 0.15) is 0 Å². The normalized spacial score (nSPS) is 16.9. The second kappa shape index (κ2) is 4.83. The molecule has 0 bridgehead atoms. The summed E-state index contributed by atoms with van der Waals surface area (Å²) >= 11 is 0. The smallest absolute Gasteiger partial charge is 0.0139 e. The topological polar surface area (TPSA) is 0 Å². The van der Waals surface area contributed by atoms with Gasteiger partial charge in [0.25, 0.3) is 0 Å². The summed E-state index contributed by atoms with van der Waals surface area (Å²) in [6, 6.07) is 29.3. The number of benzene rings is 4. The van der Waals surface area contributed by atoms with Crippen molar-refractivity contribution < 1.29 is 0 Å². The van der Waals surface area contributed by atoms with Gasteiger partial charge >= 0.3 is 0 Å². The quantitative estimate of drug-likeness (QED) is 0.350. The number of rotatable bonds is 1. The molecule has 0 aliphatic heterocycles. The van der Waals surface area contributed by atoms with Crippen LogP contribution in [0.1, 0.15) is 33.7 Å². The van der Waals surface area contributed by atoms with Gasteiger partial charge in [-0.05, 0) is 62.6 Å². The Labute approximate surface area is 147 Å². The molecule has 0 spiro atoms. The fourth-order valence-electron chi connectivity index (χ4n) is 5.03. The van der Waals surface area contributed by atoms with E-state index in [0.717, 1.165) is 12.8 Å². The maximum atomic E-state index is 2.36. The van der Waals surface area contributed by atoms with E-state index in [-0.39, 0.29) is 0 Å². The second-order valence-corrected chi connectivity index (χ2v) is 7.33. The van der Waals surface area contributed by atoms with E-state index in [1.54, 1.807) is 5.56 Å². The van der Waals surface area contributed by atoms with E-state index < -0.39 is 0 Å². The molecule has 0 N–H and O–H groups in total. The third-order valence-corrected chi connectivity index (χ3v) is 6.09. The lowest BCUT2D eigenvalue weighted by atomic mass is 9.87. The summed E-state index contributed by atoms with van der Waals surface area (Å²) in [6.45, 7) is 0. The van der Waals surface area contributed by atoms with Crippen LogP contribution < -0.4 is 0 Å². The average Bonchev–Trinajstić information content (AvgIpc) is 3.22. The van der Waals surface area contributed by atoms with Gasteiger partial charge in [-0.1, -0.05) is 78.9 Å². The molecular formula is C25H18. The fourth-order valence-corrected chi connectivity index (χ4v) is 5.03. The minimum atomic E-state index is 0.491. The first-order chi connectivity index (χ1) is 12.4. The van der Waals surface area contributed by atoms with Crippen molar-refractivity contribution in [1.82, 2.24) is 0 Å². The number of fused-ring (bicyclic) bond motifs is 3. The Kier molecular flexibility index (Phi) is 2.59. The Bertz CT molecular complexity index is 1140. The van der Waals surface area contributed by atoms with Crippen molar-refractivity contribution in [2.24, 2.45) is 0 Å². The maximum absolute atomic E-state index is 2.36. The first-order valence-electron chi connectivity index (χ1n) is 9.11. The zero-order chi connectivity index (χ0) is 16.4. The van der Waals surface area contributed by atoms with Gasteiger partial charge in [0.2, 0.25) is 0 Å². The Balaban J connectivity index is 1.57. The molecule has 2 aliphatic rings. The molecule has 1 atom stereocenters. The summed E-state index contributed by atoms with van der Waals surface area (Å²) in [4.78, 5) is 0. The average molecular weight is 318 g/mol. The van der Waals surface area contributed by atoms with Crippen molar-refractivity contribution in [3.05, 3.63) is 107 Å². The minimum absolute atomic E-state index is 0.491. The molecule has 0 saturated heterocycles. The highest BCUT2D eigenvalue weighted by molar-refractivity contribution is 5.92. The summed E-state index contributed by atoms with van der Waals surface area (Å²) in [5.41, 5.74) is 10.4. The largest absolute Gasteiger partial charge is 0.0619 e. The Morgan fingerprint density at radius 1 is 0.600 bits per heavy atom. The third-order valence-electron chi connectivity index (χ3n) is 6.09. The van der Waals surface area contributed by atoms with Gasteiger partial charge in [0, 0.05) is 5.92 Å². The predicted molar refractivity (Wildman–Crippen MR) is 104 cm³/mol. The van der Waals surface area contributed by atoms with E-state index in [0.29, 0.717) is 5.92 Å². The molecule has 0 aromatic heterocycles. The van der Waals surface area contributed by atoms with Crippen LogP contribution in [0.2, 0.25) is 0 Å². The lowest BCUT2D eigenvalue weighted by molar-refractivity contribution is 0.836. The molecule has 118 valence electrons. The Morgan fingerprint density at radius 3 is 2.28 bits per heavy atom. The first kappa shape index (κ1) is 13.4. The lowest BCUT2D eigenvalue weighted by Crippen LogP contribution is -2.03. The van der Waals surface area contributed by atoms with Crippen LogP contribution in [-0.2, 0) is 12.8 Å². The molecule has 0 amide bonds. The highest BCUT2D eigenvalue weighted by Crippen LogP contribution is 2.46. The van der Waals surface area contributed by atoms with Crippen LogP contribution in [0.4, 0.5) is 0 Å². The summed E-state index contributed by atoms with van der Waals surface area (Å²) in [7, 11) is 0. The molecule has 0 radical (unpaired) electrons. The van der Waals surface area contributed by atoms with Crippen LogP contribution in [0, 0.1) is 0 Å². The first-order valence-corrected chi connectivity index (χ1v) is 9.11. The molecule has 0 nitrogen and oxygen atoms in total. The van der Waals surface area contributed by atoms with Crippen LogP contribution in [0.3, 0.4) is 0 Å². The van der Waals surface area contributed by atoms with Gasteiger partial charge in [-0.2, -0.15) is 0 Å². The van der Waals surface area contributed by atoms with Gasteiger partial charge in [0.15, 0.2) is 0 Å². The fraction of sp³-hybridized carbons (Fsp3) is 0.120. The van der Waals surface area contributed by atoms with Crippen LogP contribution in [0.25, 0.3) is 21.9 Å². The van der Waals surface area contributed by atoms with E-state index in [1.165, 1.54) is 44.2 Å². The van der Waals surface area contributed by atoms with Crippen molar-refractivity contribution in [2.45, 2.75) is 18.8 Å². The third kappa shape index (κ3) is 1.77. The zero-order valence-corrected chi connectivity index (χ0v) is 14.0. The molecule has 4 aromatic carbocycles. The second-order valence-electron chi connectivity index (χ2n) is 7.33. The van der Waals surface area contributed by atoms with E-state index in [2.05, 4.69) is 78.9 Å². The summed E-state index contributed by atoms with van der Waals surface area (Å²) in [6.07, 6.45) is 2.20. The Morgan fingerprint density at radius 2 is 1.32 bits per heavy atom.